The lowest BCUT2D eigenvalue weighted by atomic mass is 10.1. The number of aliphatic hydroxyl groups excluding tert-OH is 1. The largest absolute Gasteiger partial charge is 0.395 e. The van der Waals surface area contributed by atoms with Gasteiger partial charge in [0.25, 0.3) is 10.2 Å². The second-order valence-electron chi connectivity index (χ2n) is 4.23. The van der Waals surface area contributed by atoms with Crippen molar-refractivity contribution >= 4 is 10.2 Å². The third kappa shape index (κ3) is 5.88. The standard InChI is InChI=1S/C9H20N2O3S/c1-5-6-11(7-8-12)15(13,14)10-9(2,3)4/h5,10,12H,1,6-8H2,2-4H3. The lowest BCUT2D eigenvalue weighted by Crippen LogP contribution is -2.49. The van der Waals surface area contributed by atoms with Gasteiger partial charge in [-0.1, -0.05) is 6.08 Å². The van der Waals surface area contributed by atoms with Crippen LogP contribution in [0.5, 0.6) is 0 Å². The van der Waals surface area contributed by atoms with E-state index in [0.29, 0.717) is 0 Å². The van der Waals surface area contributed by atoms with E-state index in [1.165, 1.54) is 6.08 Å². The molecule has 0 atom stereocenters. The normalized spacial score (nSPS) is 13.1. The van der Waals surface area contributed by atoms with E-state index < -0.39 is 15.7 Å². The van der Waals surface area contributed by atoms with E-state index in [0.717, 1.165) is 4.31 Å². The first-order chi connectivity index (χ1) is 6.73. The average Bonchev–Trinajstić information content (AvgIpc) is 1.99. The van der Waals surface area contributed by atoms with Gasteiger partial charge in [0.05, 0.1) is 6.61 Å². The Kier molecular flexibility index (Phi) is 5.44. The number of rotatable bonds is 6. The molecule has 0 spiro atoms. The number of aliphatic hydroxyl groups is 1. The molecule has 0 rings (SSSR count). The third-order valence-corrected chi connectivity index (χ3v) is 3.34. The molecule has 6 heteroatoms. The van der Waals surface area contributed by atoms with E-state index in [-0.39, 0.29) is 19.7 Å². The van der Waals surface area contributed by atoms with Gasteiger partial charge in [0.1, 0.15) is 0 Å². The molecule has 0 unspecified atom stereocenters. The van der Waals surface area contributed by atoms with Crippen molar-refractivity contribution in [3.63, 3.8) is 0 Å². The summed E-state index contributed by atoms with van der Waals surface area (Å²) in [5.41, 5.74) is -0.534. The zero-order chi connectivity index (χ0) is 12.1. The van der Waals surface area contributed by atoms with E-state index in [1.54, 1.807) is 20.8 Å². The van der Waals surface area contributed by atoms with Crippen LogP contribution in [0.1, 0.15) is 20.8 Å². The first-order valence-electron chi connectivity index (χ1n) is 4.74. The van der Waals surface area contributed by atoms with Crippen LogP contribution in [0.15, 0.2) is 12.7 Å². The maximum Gasteiger partial charge on any atom is 0.280 e. The van der Waals surface area contributed by atoms with Crippen LogP contribution in [0.25, 0.3) is 0 Å². The number of nitrogens with zero attached hydrogens (tertiary/aromatic N) is 1. The minimum Gasteiger partial charge on any atom is -0.395 e. The van der Waals surface area contributed by atoms with Crippen molar-refractivity contribution in [3.05, 3.63) is 12.7 Å². The predicted molar refractivity (Wildman–Crippen MR) is 60.7 cm³/mol. The summed E-state index contributed by atoms with van der Waals surface area (Å²) in [7, 11) is -3.55. The van der Waals surface area contributed by atoms with Gasteiger partial charge in [0.2, 0.25) is 0 Å². The molecule has 0 bridgehead atoms. The van der Waals surface area contributed by atoms with Crippen LogP contribution in [0.2, 0.25) is 0 Å². The summed E-state index contributed by atoms with van der Waals surface area (Å²) in [6.45, 7) is 8.80. The SMILES string of the molecule is C=CCN(CCO)S(=O)(=O)NC(C)(C)C. The average molecular weight is 236 g/mol. The smallest absolute Gasteiger partial charge is 0.280 e. The van der Waals surface area contributed by atoms with Crippen molar-refractivity contribution in [1.29, 1.82) is 0 Å². The van der Waals surface area contributed by atoms with E-state index in [9.17, 15) is 8.42 Å². The molecule has 0 aliphatic heterocycles. The third-order valence-electron chi connectivity index (χ3n) is 1.46. The van der Waals surface area contributed by atoms with Crippen LogP contribution in [0, 0.1) is 0 Å². The molecular formula is C9H20N2O3S. The van der Waals surface area contributed by atoms with Crippen molar-refractivity contribution < 1.29 is 13.5 Å². The van der Waals surface area contributed by atoms with Gasteiger partial charge in [-0.05, 0) is 20.8 Å². The Balaban J connectivity index is 4.71. The van der Waals surface area contributed by atoms with Crippen molar-refractivity contribution in [2.75, 3.05) is 19.7 Å². The molecule has 15 heavy (non-hydrogen) atoms. The molecular weight excluding hydrogens is 216 g/mol. The first-order valence-corrected chi connectivity index (χ1v) is 6.18. The molecule has 0 aromatic heterocycles. The Morgan fingerprint density at radius 1 is 1.47 bits per heavy atom. The van der Waals surface area contributed by atoms with Crippen molar-refractivity contribution in [2.24, 2.45) is 0 Å². The van der Waals surface area contributed by atoms with E-state index in [2.05, 4.69) is 11.3 Å². The summed E-state index contributed by atoms with van der Waals surface area (Å²) < 4.78 is 27.2. The van der Waals surface area contributed by atoms with Crippen LogP contribution in [-0.4, -0.2) is 43.1 Å². The van der Waals surface area contributed by atoms with E-state index >= 15 is 0 Å². The Labute approximate surface area is 92.0 Å². The first kappa shape index (κ1) is 14.6. The van der Waals surface area contributed by atoms with Crippen LogP contribution in [-0.2, 0) is 10.2 Å². The zero-order valence-corrected chi connectivity index (χ0v) is 10.3. The molecule has 0 saturated heterocycles. The van der Waals surface area contributed by atoms with Crippen LogP contribution < -0.4 is 4.72 Å². The van der Waals surface area contributed by atoms with Crippen molar-refractivity contribution in [2.45, 2.75) is 26.3 Å². The fourth-order valence-corrected chi connectivity index (χ4v) is 2.54. The number of hydrogen-bond donors (Lipinski definition) is 2. The Morgan fingerprint density at radius 3 is 2.33 bits per heavy atom. The minimum atomic E-state index is -3.55. The number of hydrogen-bond acceptors (Lipinski definition) is 3. The zero-order valence-electron chi connectivity index (χ0n) is 9.52. The quantitative estimate of drug-likeness (QED) is 0.643. The summed E-state index contributed by atoms with van der Waals surface area (Å²) in [6, 6.07) is 0. The van der Waals surface area contributed by atoms with Crippen molar-refractivity contribution in [3.8, 4) is 0 Å². The molecule has 0 heterocycles. The summed E-state index contributed by atoms with van der Waals surface area (Å²) in [5, 5.41) is 8.76. The highest BCUT2D eigenvalue weighted by Crippen LogP contribution is 2.06. The second-order valence-corrected chi connectivity index (χ2v) is 5.90. The second kappa shape index (κ2) is 5.60. The topological polar surface area (TPSA) is 69.6 Å². The molecule has 0 aliphatic carbocycles. The molecule has 2 N–H and O–H groups in total. The summed E-state index contributed by atoms with van der Waals surface area (Å²) in [6.07, 6.45) is 1.48. The molecule has 0 radical (unpaired) electrons. The van der Waals surface area contributed by atoms with E-state index in [4.69, 9.17) is 5.11 Å². The molecule has 0 aromatic carbocycles. The lowest BCUT2D eigenvalue weighted by molar-refractivity contribution is 0.257. The van der Waals surface area contributed by atoms with E-state index in [1.807, 2.05) is 0 Å². The van der Waals surface area contributed by atoms with Gasteiger partial charge in [-0.15, -0.1) is 6.58 Å². The molecule has 5 nitrogen and oxygen atoms in total. The molecule has 90 valence electrons. The van der Waals surface area contributed by atoms with Gasteiger partial charge in [0.15, 0.2) is 0 Å². The molecule has 0 amide bonds. The van der Waals surface area contributed by atoms with Crippen molar-refractivity contribution in [1.82, 2.24) is 9.03 Å². The number of nitrogens with one attached hydrogen (secondary N) is 1. The Hall–Kier alpha value is -0.430. The van der Waals surface area contributed by atoms with Gasteiger partial charge in [-0.2, -0.15) is 17.4 Å². The minimum absolute atomic E-state index is 0.0669. The van der Waals surface area contributed by atoms with Gasteiger partial charge in [-0.3, -0.25) is 0 Å². The van der Waals surface area contributed by atoms with Gasteiger partial charge < -0.3 is 5.11 Å². The Morgan fingerprint density at radius 2 is 2.00 bits per heavy atom. The Bertz CT molecular complexity index is 293. The summed E-state index contributed by atoms with van der Waals surface area (Å²) >= 11 is 0. The summed E-state index contributed by atoms with van der Waals surface area (Å²) in [4.78, 5) is 0. The highest BCUT2D eigenvalue weighted by atomic mass is 32.2. The van der Waals surface area contributed by atoms with Gasteiger partial charge >= 0.3 is 0 Å². The van der Waals surface area contributed by atoms with Gasteiger partial charge in [-0.25, -0.2) is 0 Å². The predicted octanol–water partition coefficient (Wildman–Crippen LogP) is 0.0996. The highest BCUT2D eigenvalue weighted by molar-refractivity contribution is 7.87. The maximum atomic E-state index is 11.8. The molecule has 0 aliphatic rings. The van der Waals surface area contributed by atoms with Crippen LogP contribution in [0.4, 0.5) is 0 Å². The molecule has 0 fully saturated rings. The molecule has 0 saturated carbocycles. The monoisotopic (exact) mass is 236 g/mol. The summed E-state index contributed by atoms with van der Waals surface area (Å²) in [5.74, 6) is 0. The highest BCUT2D eigenvalue weighted by Gasteiger charge is 2.25. The van der Waals surface area contributed by atoms with Gasteiger partial charge in [0, 0.05) is 18.6 Å². The maximum absolute atomic E-state index is 11.8. The fourth-order valence-electron chi connectivity index (χ4n) is 1.02. The van der Waals surface area contributed by atoms with Crippen LogP contribution >= 0.6 is 0 Å². The van der Waals surface area contributed by atoms with Crippen LogP contribution in [0.3, 0.4) is 0 Å². The molecule has 0 aromatic rings. The fraction of sp³-hybridized carbons (Fsp3) is 0.778. The lowest BCUT2D eigenvalue weighted by Gasteiger charge is -2.26.